The van der Waals surface area contributed by atoms with Crippen LogP contribution >= 0.6 is 0 Å². The highest BCUT2D eigenvalue weighted by Crippen LogP contribution is 2.17. The van der Waals surface area contributed by atoms with E-state index in [0.717, 1.165) is 40.5 Å². The molecule has 0 spiro atoms. The normalized spacial score (nSPS) is 15.2. The maximum absolute atomic E-state index is 12.9. The molecule has 0 aliphatic carbocycles. The highest BCUT2D eigenvalue weighted by Gasteiger charge is 2.23. The topological polar surface area (TPSA) is 72.2 Å². The lowest BCUT2D eigenvalue weighted by molar-refractivity contribution is 0.0623. The predicted octanol–water partition coefficient (Wildman–Crippen LogP) is 2.97. The maximum atomic E-state index is 12.9. The first-order valence-corrected chi connectivity index (χ1v) is 9.88. The molecule has 0 radical (unpaired) electrons. The zero-order valence-corrected chi connectivity index (χ0v) is 16.0. The number of para-hydroxylation sites is 2. The first-order chi connectivity index (χ1) is 14.2. The van der Waals surface area contributed by atoms with E-state index in [1.807, 2.05) is 65.6 Å². The number of pyridine rings is 1. The molecule has 2 aromatic carbocycles. The van der Waals surface area contributed by atoms with Crippen LogP contribution in [0.1, 0.15) is 16.1 Å². The first-order valence-electron chi connectivity index (χ1n) is 9.88. The van der Waals surface area contributed by atoms with Crippen LogP contribution in [0, 0.1) is 0 Å². The van der Waals surface area contributed by atoms with Crippen LogP contribution in [0.25, 0.3) is 21.8 Å². The van der Waals surface area contributed by atoms with Crippen molar-refractivity contribution < 1.29 is 4.79 Å². The summed E-state index contributed by atoms with van der Waals surface area (Å²) in [5.41, 5.74) is 3.19. The summed E-state index contributed by atoms with van der Waals surface area (Å²) in [5.74, 6) is 0.0319. The molecule has 5 rings (SSSR count). The van der Waals surface area contributed by atoms with Crippen LogP contribution in [-0.4, -0.2) is 51.9 Å². The van der Waals surface area contributed by atoms with Gasteiger partial charge in [-0.3, -0.25) is 14.5 Å². The number of benzene rings is 2. The fourth-order valence-electron chi connectivity index (χ4n) is 4.02. The Balaban J connectivity index is 1.26. The maximum Gasteiger partial charge on any atom is 0.270 e. The lowest BCUT2D eigenvalue weighted by Crippen LogP contribution is -2.48. The molecular formula is C23H22N4O2. The Bertz CT molecular complexity index is 1220. The second kappa shape index (κ2) is 7.22. The molecule has 0 atom stereocenters. The van der Waals surface area contributed by atoms with Crippen LogP contribution < -0.4 is 5.56 Å². The number of H-pyrrole nitrogens is 2. The number of nitrogens with one attached hydrogen (secondary N) is 2. The van der Waals surface area contributed by atoms with Gasteiger partial charge in [-0.05, 0) is 29.7 Å². The van der Waals surface area contributed by atoms with Crippen molar-refractivity contribution >= 4 is 27.7 Å². The van der Waals surface area contributed by atoms with Gasteiger partial charge in [0.1, 0.15) is 5.69 Å². The summed E-state index contributed by atoms with van der Waals surface area (Å²) in [5, 5.41) is 2.08. The monoisotopic (exact) mass is 386 g/mol. The SMILES string of the molecule is O=C(c1cc2ccccc2[nH]1)N1CCN(Cc2cc3ccccc3[nH]c2=O)CC1. The lowest BCUT2D eigenvalue weighted by Gasteiger charge is -2.34. The fourth-order valence-corrected chi connectivity index (χ4v) is 4.02. The highest BCUT2D eigenvalue weighted by molar-refractivity contribution is 5.98. The summed E-state index contributed by atoms with van der Waals surface area (Å²) in [6.07, 6.45) is 0. The van der Waals surface area contributed by atoms with Crippen LogP contribution in [0.4, 0.5) is 0 Å². The number of amides is 1. The molecule has 0 unspecified atom stereocenters. The number of hydrogen-bond donors (Lipinski definition) is 2. The Morgan fingerprint density at radius 1 is 0.828 bits per heavy atom. The van der Waals surface area contributed by atoms with E-state index in [2.05, 4.69) is 14.9 Å². The van der Waals surface area contributed by atoms with Gasteiger partial charge in [-0.1, -0.05) is 36.4 Å². The van der Waals surface area contributed by atoms with E-state index in [0.29, 0.717) is 25.3 Å². The number of aromatic nitrogens is 2. The van der Waals surface area contributed by atoms with E-state index < -0.39 is 0 Å². The third-order valence-electron chi connectivity index (χ3n) is 5.64. The second-order valence-electron chi connectivity index (χ2n) is 7.55. The number of nitrogens with zero attached hydrogens (tertiary/aromatic N) is 2. The lowest BCUT2D eigenvalue weighted by atomic mass is 10.1. The Morgan fingerprint density at radius 2 is 1.45 bits per heavy atom. The average molecular weight is 386 g/mol. The largest absolute Gasteiger partial charge is 0.351 e. The number of carbonyl (C=O) groups is 1. The Hall–Kier alpha value is -3.38. The fraction of sp³-hybridized carbons (Fsp3) is 0.217. The van der Waals surface area contributed by atoms with E-state index >= 15 is 0 Å². The first kappa shape index (κ1) is 17.7. The third-order valence-corrected chi connectivity index (χ3v) is 5.64. The second-order valence-corrected chi connectivity index (χ2v) is 7.55. The molecule has 1 saturated heterocycles. The molecule has 6 nitrogen and oxygen atoms in total. The van der Waals surface area contributed by atoms with Gasteiger partial charge in [-0.15, -0.1) is 0 Å². The summed E-state index contributed by atoms with van der Waals surface area (Å²) < 4.78 is 0. The van der Waals surface area contributed by atoms with Crippen molar-refractivity contribution in [3.63, 3.8) is 0 Å². The highest BCUT2D eigenvalue weighted by atomic mass is 16.2. The zero-order valence-electron chi connectivity index (χ0n) is 16.0. The average Bonchev–Trinajstić information content (AvgIpc) is 3.19. The number of aromatic amines is 2. The summed E-state index contributed by atoms with van der Waals surface area (Å²) >= 11 is 0. The van der Waals surface area contributed by atoms with E-state index in [-0.39, 0.29) is 11.5 Å². The van der Waals surface area contributed by atoms with Gasteiger partial charge in [0.25, 0.3) is 11.5 Å². The van der Waals surface area contributed by atoms with Gasteiger partial charge in [0.05, 0.1) is 0 Å². The summed E-state index contributed by atoms with van der Waals surface area (Å²) in [7, 11) is 0. The van der Waals surface area contributed by atoms with Gasteiger partial charge in [0.2, 0.25) is 0 Å². The molecule has 4 aromatic rings. The van der Waals surface area contributed by atoms with Gasteiger partial charge in [0, 0.05) is 54.7 Å². The van der Waals surface area contributed by atoms with Crippen LogP contribution in [-0.2, 0) is 6.54 Å². The number of carbonyl (C=O) groups excluding carboxylic acids is 1. The predicted molar refractivity (Wildman–Crippen MR) is 114 cm³/mol. The minimum atomic E-state index is -0.0414. The number of piperazine rings is 1. The Kier molecular flexibility index (Phi) is 4.41. The molecule has 2 N–H and O–H groups in total. The molecule has 3 heterocycles. The Labute approximate surface area is 167 Å². The third kappa shape index (κ3) is 3.43. The summed E-state index contributed by atoms with van der Waals surface area (Å²) in [6, 6.07) is 19.6. The van der Waals surface area contributed by atoms with Crippen molar-refractivity contribution in [2.45, 2.75) is 6.54 Å². The number of rotatable bonds is 3. The molecule has 0 bridgehead atoms. The van der Waals surface area contributed by atoms with Crippen molar-refractivity contribution in [3.05, 3.63) is 82.3 Å². The van der Waals surface area contributed by atoms with E-state index in [9.17, 15) is 9.59 Å². The van der Waals surface area contributed by atoms with Crippen molar-refractivity contribution in [1.82, 2.24) is 19.8 Å². The number of hydrogen-bond acceptors (Lipinski definition) is 3. The van der Waals surface area contributed by atoms with Crippen molar-refractivity contribution in [1.29, 1.82) is 0 Å². The molecule has 1 aliphatic rings. The number of fused-ring (bicyclic) bond motifs is 2. The molecular weight excluding hydrogens is 364 g/mol. The molecule has 2 aromatic heterocycles. The van der Waals surface area contributed by atoms with Gasteiger partial charge < -0.3 is 14.9 Å². The minimum absolute atomic E-state index is 0.0319. The summed E-state index contributed by atoms with van der Waals surface area (Å²) in [4.78, 5) is 35.5. The minimum Gasteiger partial charge on any atom is -0.351 e. The molecule has 0 saturated carbocycles. The van der Waals surface area contributed by atoms with E-state index in [4.69, 9.17) is 0 Å². The van der Waals surface area contributed by atoms with Crippen molar-refractivity contribution in [3.8, 4) is 0 Å². The molecule has 29 heavy (non-hydrogen) atoms. The van der Waals surface area contributed by atoms with Crippen LogP contribution in [0.3, 0.4) is 0 Å². The van der Waals surface area contributed by atoms with Crippen LogP contribution in [0.15, 0.2) is 65.5 Å². The van der Waals surface area contributed by atoms with Gasteiger partial charge in [0.15, 0.2) is 0 Å². The summed E-state index contributed by atoms with van der Waals surface area (Å²) in [6.45, 7) is 3.39. The van der Waals surface area contributed by atoms with Crippen LogP contribution in [0.2, 0.25) is 0 Å². The smallest absolute Gasteiger partial charge is 0.270 e. The van der Waals surface area contributed by atoms with Crippen LogP contribution in [0.5, 0.6) is 0 Å². The van der Waals surface area contributed by atoms with E-state index in [1.54, 1.807) is 0 Å². The van der Waals surface area contributed by atoms with Gasteiger partial charge in [-0.25, -0.2) is 0 Å². The van der Waals surface area contributed by atoms with E-state index in [1.165, 1.54) is 0 Å². The van der Waals surface area contributed by atoms with Crippen molar-refractivity contribution in [2.75, 3.05) is 26.2 Å². The Morgan fingerprint density at radius 3 is 2.14 bits per heavy atom. The van der Waals surface area contributed by atoms with Gasteiger partial charge in [-0.2, -0.15) is 0 Å². The standard InChI is InChI=1S/C23H22N4O2/c28-22-18(13-16-5-1-4-8-20(16)25-22)15-26-9-11-27(12-10-26)23(29)21-14-17-6-2-3-7-19(17)24-21/h1-8,13-14,24H,9-12,15H2,(H,25,28). The molecule has 146 valence electrons. The van der Waals surface area contributed by atoms with Crippen molar-refractivity contribution in [2.24, 2.45) is 0 Å². The quantitative estimate of drug-likeness (QED) is 0.569. The molecule has 6 heteroatoms. The van der Waals surface area contributed by atoms with Gasteiger partial charge >= 0.3 is 0 Å². The molecule has 1 aliphatic heterocycles. The zero-order chi connectivity index (χ0) is 19.8. The molecule has 1 fully saturated rings. The molecule has 1 amide bonds.